The molecule has 0 fully saturated rings. The Labute approximate surface area is 159 Å². The number of hydrogen-bond donors (Lipinski definition) is 1. The average Bonchev–Trinajstić information content (AvgIpc) is 2.69. The molecule has 0 bridgehead atoms. The van der Waals surface area contributed by atoms with Crippen molar-refractivity contribution in [2.75, 3.05) is 5.32 Å². The van der Waals surface area contributed by atoms with Crippen molar-refractivity contribution in [1.82, 2.24) is 0 Å². The Hall–Kier alpha value is -3.27. The molecule has 4 nitrogen and oxygen atoms in total. The van der Waals surface area contributed by atoms with Gasteiger partial charge in [0.1, 0.15) is 0 Å². The Kier molecular flexibility index (Phi) is 5.77. The number of benzene rings is 2. The van der Waals surface area contributed by atoms with Crippen LogP contribution in [0, 0.1) is 0 Å². The largest absolute Gasteiger partial charge is 0.320 e. The zero-order valence-corrected chi connectivity index (χ0v) is 15.6. The highest BCUT2D eigenvalue weighted by Crippen LogP contribution is 2.13. The Morgan fingerprint density at radius 2 is 1.59 bits per heavy atom. The molecule has 2 aromatic carbocycles. The molecule has 1 aromatic heterocycles. The lowest BCUT2D eigenvalue weighted by Crippen LogP contribution is -2.44. The molecule has 0 spiro atoms. The lowest BCUT2D eigenvalue weighted by Gasteiger charge is -2.10. The second-order valence-corrected chi connectivity index (χ2v) is 6.62. The lowest BCUT2D eigenvalue weighted by atomic mass is 10.1. The van der Waals surface area contributed by atoms with E-state index in [1.165, 1.54) is 18.1 Å². The van der Waals surface area contributed by atoms with Crippen molar-refractivity contribution in [3.63, 3.8) is 0 Å². The summed E-state index contributed by atoms with van der Waals surface area (Å²) < 4.78 is 1.87. The van der Waals surface area contributed by atoms with Crippen molar-refractivity contribution in [2.45, 2.75) is 26.3 Å². The van der Waals surface area contributed by atoms with Crippen LogP contribution in [0.3, 0.4) is 0 Å². The average molecular weight is 359 g/mol. The summed E-state index contributed by atoms with van der Waals surface area (Å²) in [5.74, 6) is -0.154. The Morgan fingerprint density at radius 1 is 0.926 bits per heavy atom. The molecule has 1 N–H and O–H groups in total. The fraction of sp³-hybridized carbons (Fsp3) is 0.174. The van der Waals surface area contributed by atoms with Crippen molar-refractivity contribution in [1.29, 1.82) is 0 Å². The molecule has 3 rings (SSSR count). The second-order valence-electron chi connectivity index (χ2n) is 6.62. The van der Waals surface area contributed by atoms with Gasteiger partial charge in [0.05, 0.1) is 0 Å². The number of carbonyl (C=O) groups is 2. The third-order valence-corrected chi connectivity index (χ3v) is 4.54. The standard InChI is InChI=1S/C23H22N2O2/c1-17(23(27)24-22-10-6-9-21(16-22)18(2)26)25-13-11-20(12-14-25)15-19-7-4-3-5-8-19/h3-14,16-17H,15H2,1-2H3/p+1/t17-/m1/s1. The minimum Gasteiger partial charge on any atom is -0.320 e. The van der Waals surface area contributed by atoms with Gasteiger partial charge in [-0.15, -0.1) is 0 Å². The Morgan fingerprint density at radius 3 is 2.26 bits per heavy atom. The summed E-state index contributed by atoms with van der Waals surface area (Å²) in [6, 6.07) is 21.0. The number of nitrogens with zero attached hydrogens (tertiary/aromatic N) is 1. The Bertz CT molecular complexity index is 934. The smallest absolute Gasteiger partial charge is 0.293 e. The van der Waals surface area contributed by atoms with Gasteiger partial charge < -0.3 is 5.32 Å². The van der Waals surface area contributed by atoms with Crippen LogP contribution >= 0.6 is 0 Å². The third-order valence-electron chi connectivity index (χ3n) is 4.54. The first-order chi connectivity index (χ1) is 13.0. The van der Waals surface area contributed by atoms with Crippen LogP contribution in [0.4, 0.5) is 5.69 Å². The molecule has 0 aliphatic rings. The van der Waals surface area contributed by atoms with Gasteiger partial charge in [0.2, 0.25) is 6.04 Å². The number of Topliss-reactive ketones (excluding diaryl/α,β-unsaturated/α-hetero) is 1. The van der Waals surface area contributed by atoms with Gasteiger partial charge in [0, 0.05) is 30.3 Å². The zero-order valence-electron chi connectivity index (χ0n) is 15.6. The number of pyridine rings is 1. The van der Waals surface area contributed by atoms with Gasteiger partial charge in [0.15, 0.2) is 18.2 Å². The summed E-state index contributed by atoms with van der Waals surface area (Å²) in [4.78, 5) is 24.0. The number of hydrogen-bond acceptors (Lipinski definition) is 2. The van der Waals surface area contributed by atoms with Gasteiger partial charge in [-0.1, -0.05) is 42.5 Å². The summed E-state index contributed by atoms with van der Waals surface area (Å²) in [5.41, 5.74) is 3.66. The SMILES string of the molecule is CC(=O)c1cccc(NC(=O)[C@@H](C)[n+]2ccc(Cc3ccccc3)cc2)c1. The van der Waals surface area contributed by atoms with Gasteiger partial charge in [0.25, 0.3) is 5.91 Å². The van der Waals surface area contributed by atoms with Crippen LogP contribution in [0.2, 0.25) is 0 Å². The van der Waals surface area contributed by atoms with Crippen LogP contribution in [0.15, 0.2) is 79.1 Å². The summed E-state index contributed by atoms with van der Waals surface area (Å²) in [7, 11) is 0. The first kappa shape index (κ1) is 18.5. The maximum Gasteiger partial charge on any atom is 0.293 e. The molecule has 136 valence electrons. The van der Waals surface area contributed by atoms with Crippen molar-refractivity contribution in [2.24, 2.45) is 0 Å². The predicted octanol–water partition coefficient (Wildman–Crippen LogP) is 3.97. The maximum atomic E-state index is 12.6. The topological polar surface area (TPSA) is 50.1 Å². The van der Waals surface area contributed by atoms with E-state index in [2.05, 4.69) is 17.4 Å². The first-order valence-corrected chi connectivity index (χ1v) is 8.98. The number of ketones is 1. The normalized spacial score (nSPS) is 11.6. The number of carbonyl (C=O) groups excluding carboxylic acids is 2. The molecule has 0 radical (unpaired) electrons. The predicted molar refractivity (Wildman–Crippen MR) is 106 cm³/mol. The summed E-state index contributed by atoms with van der Waals surface area (Å²) in [5, 5.41) is 2.88. The fourth-order valence-corrected chi connectivity index (χ4v) is 2.87. The van der Waals surface area contributed by atoms with E-state index in [1.807, 2.05) is 54.2 Å². The number of nitrogens with one attached hydrogen (secondary N) is 1. The third kappa shape index (κ3) is 4.88. The van der Waals surface area contributed by atoms with Crippen LogP contribution in [0.25, 0.3) is 0 Å². The van der Waals surface area contributed by atoms with E-state index in [9.17, 15) is 9.59 Å². The molecule has 4 heteroatoms. The van der Waals surface area contributed by atoms with Crippen LogP contribution in [-0.2, 0) is 11.2 Å². The van der Waals surface area contributed by atoms with E-state index in [0.717, 1.165) is 6.42 Å². The molecule has 1 amide bonds. The molecule has 27 heavy (non-hydrogen) atoms. The molecule has 0 aliphatic heterocycles. The van der Waals surface area contributed by atoms with Crippen molar-refractivity contribution >= 4 is 17.4 Å². The van der Waals surface area contributed by atoms with Crippen molar-refractivity contribution < 1.29 is 14.2 Å². The minimum absolute atomic E-state index is 0.0254. The molecule has 0 unspecified atom stereocenters. The highest BCUT2D eigenvalue weighted by atomic mass is 16.2. The number of amides is 1. The van der Waals surface area contributed by atoms with E-state index in [0.29, 0.717) is 11.3 Å². The monoisotopic (exact) mass is 359 g/mol. The highest BCUT2D eigenvalue weighted by molar-refractivity contribution is 5.97. The number of rotatable bonds is 6. The van der Waals surface area contributed by atoms with Crippen LogP contribution in [0.5, 0.6) is 0 Å². The molecule has 0 saturated carbocycles. The van der Waals surface area contributed by atoms with Gasteiger partial charge in [-0.3, -0.25) is 9.59 Å². The van der Waals surface area contributed by atoms with E-state index in [1.54, 1.807) is 24.3 Å². The van der Waals surface area contributed by atoms with E-state index < -0.39 is 0 Å². The zero-order chi connectivity index (χ0) is 19.2. The first-order valence-electron chi connectivity index (χ1n) is 8.98. The molecule has 1 atom stereocenters. The van der Waals surface area contributed by atoms with Crippen molar-refractivity contribution in [3.05, 3.63) is 95.8 Å². The summed E-state index contributed by atoms with van der Waals surface area (Å²) >= 11 is 0. The quantitative estimate of drug-likeness (QED) is 0.535. The number of aromatic nitrogens is 1. The van der Waals surface area contributed by atoms with Gasteiger partial charge in [-0.05, 0) is 36.6 Å². The molecule has 0 aliphatic carbocycles. The molecule has 1 heterocycles. The van der Waals surface area contributed by atoms with E-state index >= 15 is 0 Å². The molecular formula is C23H23N2O2+. The summed E-state index contributed by atoms with van der Waals surface area (Å²) in [6.45, 7) is 3.36. The maximum absolute atomic E-state index is 12.6. The second kappa shape index (κ2) is 8.41. The van der Waals surface area contributed by atoms with Crippen molar-refractivity contribution in [3.8, 4) is 0 Å². The van der Waals surface area contributed by atoms with Gasteiger partial charge in [-0.2, -0.15) is 4.57 Å². The molecule has 0 saturated heterocycles. The lowest BCUT2D eigenvalue weighted by molar-refractivity contribution is -0.705. The fourth-order valence-electron chi connectivity index (χ4n) is 2.87. The molecular weight excluding hydrogens is 336 g/mol. The number of anilines is 1. The van der Waals surface area contributed by atoms with Crippen LogP contribution in [0.1, 0.15) is 41.4 Å². The van der Waals surface area contributed by atoms with Crippen LogP contribution < -0.4 is 9.88 Å². The van der Waals surface area contributed by atoms with E-state index in [-0.39, 0.29) is 17.7 Å². The summed E-state index contributed by atoms with van der Waals surface area (Å²) in [6.07, 6.45) is 4.71. The Balaban J connectivity index is 1.66. The molecule has 3 aromatic rings. The highest BCUT2D eigenvalue weighted by Gasteiger charge is 2.22. The minimum atomic E-state index is -0.364. The van der Waals surface area contributed by atoms with Gasteiger partial charge in [-0.25, -0.2) is 0 Å². The van der Waals surface area contributed by atoms with E-state index in [4.69, 9.17) is 0 Å². The van der Waals surface area contributed by atoms with Crippen LogP contribution in [-0.4, -0.2) is 11.7 Å². The van der Waals surface area contributed by atoms with Gasteiger partial charge >= 0.3 is 0 Å².